The first kappa shape index (κ1) is 18.7. The Bertz CT molecular complexity index is 603. The Morgan fingerprint density at radius 1 is 1.38 bits per heavy atom. The predicted molar refractivity (Wildman–Crippen MR) is 83.9 cm³/mol. The number of carbonyl (C=O) groups is 1. The first-order chi connectivity index (χ1) is 11.3. The molecule has 0 radical (unpaired) electrons. The Labute approximate surface area is 143 Å². The third-order valence-corrected chi connectivity index (χ3v) is 3.81. The Kier molecular flexibility index (Phi) is 5.85. The van der Waals surface area contributed by atoms with E-state index in [-0.39, 0.29) is 28.1 Å². The molecule has 1 fully saturated rings. The zero-order valence-corrected chi connectivity index (χ0v) is 14.2. The van der Waals surface area contributed by atoms with Crippen LogP contribution in [0.2, 0.25) is 5.02 Å². The number of amides is 1. The van der Waals surface area contributed by atoms with Crippen LogP contribution in [0.15, 0.2) is 12.1 Å². The number of nitrogens with zero attached hydrogens (tertiary/aromatic N) is 1. The van der Waals surface area contributed by atoms with Crippen molar-refractivity contribution in [1.82, 2.24) is 4.90 Å². The summed E-state index contributed by atoms with van der Waals surface area (Å²) in [5.41, 5.74) is 0.0526. The molecule has 4 nitrogen and oxygen atoms in total. The molecule has 0 aliphatic heterocycles. The van der Waals surface area contributed by atoms with Gasteiger partial charge in [0.25, 0.3) is 5.91 Å². The summed E-state index contributed by atoms with van der Waals surface area (Å²) in [5, 5.41) is 0.133. The molecule has 1 aliphatic carbocycles. The van der Waals surface area contributed by atoms with Crippen LogP contribution in [0.3, 0.4) is 0 Å². The number of alkyl halides is 3. The lowest BCUT2D eigenvalue weighted by Crippen LogP contribution is -2.40. The van der Waals surface area contributed by atoms with Gasteiger partial charge in [-0.2, -0.15) is 13.2 Å². The molecule has 1 aliphatic rings. The number of methoxy groups -OCH3 is 1. The van der Waals surface area contributed by atoms with Crippen molar-refractivity contribution in [2.24, 2.45) is 0 Å². The SMILES string of the molecule is CCCOc1c(Cl)cc(C(=O)N(CC(F)(F)F)C2CC2)cc1OC. The number of ether oxygens (including phenoxy) is 2. The smallest absolute Gasteiger partial charge is 0.406 e. The van der Waals surface area contributed by atoms with E-state index in [1.165, 1.54) is 19.2 Å². The van der Waals surface area contributed by atoms with Gasteiger partial charge in [-0.3, -0.25) is 4.79 Å². The molecule has 1 aromatic rings. The maximum absolute atomic E-state index is 12.7. The molecule has 24 heavy (non-hydrogen) atoms. The molecular weight excluding hydrogens is 347 g/mol. The first-order valence-corrected chi connectivity index (χ1v) is 8.02. The summed E-state index contributed by atoms with van der Waals surface area (Å²) in [6.45, 7) is 1.05. The molecular formula is C16H19ClF3NO3. The molecule has 0 bridgehead atoms. The third-order valence-electron chi connectivity index (χ3n) is 3.53. The van der Waals surface area contributed by atoms with Crippen LogP contribution in [0.4, 0.5) is 13.2 Å². The van der Waals surface area contributed by atoms with Crippen LogP contribution in [0.25, 0.3) is 0 Å². The van der Waals surface area contributed by atoms with E-state index in [4.69, 9.17) is 21.1 Å². The zero-order valence-electron chi connectivity index (χ0n) is 13.5. The Morgan fingerprint density at radius 2 is 2.04 bits per heavy atom. The van der Waals surface area contributed by atoms with Crippen molar-refractivity contribution in [2.45, 2.75) is 38.4 Å². The minimum atomic E-state index is -4.45. The predicted octanol–water partition coefficient (Wildman–Crippen LogP) is 4.30. The number of hydrogen-bond acceptors (Lipinski definition) is 3. The number of carbonyl (C=O) groups excluding carboxylic acids is 1. The monoisotopic (exact) mass is 365 g/mol. The van der Waals surface area contributed by atoms with E-state index < -0.39 is 18.6 Å². The van der Waals surface area contributed by atoms with Crippen molar-refractivity contribution in [1.29, 1.82) is 0 Å². The van der Waals surface area contributed by atoms with E-state index in [9.17, 15) is 18.0 Å². The molecule has 0 N–H and O–H groups in total. The van der Waals surface area contributed by atoms with Gasteiger partial charge < -0.3 is 14.4 Å². The van der Waals surface area contributed by atoms with Crippen LogP contribution < -0.4 is 9.47 Å². The summed E-state index contributed by atoms with van der Waals surface area (Å²) in [6, 6.07) is 2.31. The third kappa shape index (κ3) is 4.69. The molecule has 1 amide bonds. The lowest BCUT2D eigenvalue weighted by atomic mass is 10.1. The van der Waals surface area contributed by atoms with E-state index in [2.05, 4.69) is 0 Å². The van der Waals surface area contributed by atoms with Gasteiger partial charge in [0.2, 0.25) is 0 Å². The van der Waals surface area contributed by atoms with Gasteiger partial charge in [-0.1, -0.05) is 18.5 Å². The minimum absolute atomic E-state index is 0.0526. The summed E-state index contributed by atoms with van der Waals surface area (Å²) >= 11 is 6.13. The maximum atomic E-state index is 12.7. The Balaban J connectivity index is 2.29. The minimum Gasteiger partial charge on any atom is -0.493 e. The van der Waals surface area contributed by atoms with E-state index in [0.29, 0.717) is 19.4 Å². The molecule has 0 unspecified atom stereocenters. The molecule has 8 heteroatoms. The van der Waals surface area contributed by atoms with Crippen molar-refractivity contribution in [3.05, 3.63) is 22.7 Å². The average molecular weight is 366 g/mol. The highest BCUT2D eigenvalue weighted by atomic mass is 35.5. The zero-order chi connectivity index (χ0) is 17.9. The van der Waals surface area contributed by atoms with Gasteiger partial charge in [0.1, 0.15) is 6.54 Å². The van der Waals surface area contributed by atoms with E-state index in [0.717, 1.165) is 11.3 Å². The van der Waals surface area contributed by atoms with E-state index in [1.807, 2.05) is 6.92 Å². The fourth-order valence-corrected chi connectivity index (χ4v) is 2.56. The highest BCUT2D eigenvalue weighted by Gasteiger charge is 2.41. The van der Waals surface area contributed by atoms with Crippen molar-refractivity contribution >= 4 is 17.5 Å². The van der Waals surface area contributed by atoms with Crippen LogP contribution in [0, 0.1) is 0 Å². The van der Waals surface area contributed by atoms with Crippen LogP contribution >= 0.6 is 11.6 Å². The quantitative estimate of drug-likeness (QED) is 0.723. The van der Waals surface area contributed by atoms with Crippen LogP contribution in [-0.2, 0) is 0 Å². The summed E-state index contributed by atoms with van der Waals surface area (Å²) in [7, 11) is 1.38. The van der Waals surface area contributed by atoms with Gasteiger partial charge in [0.05, 0.1) is 18.7 Å². The molecule has 0 atom stereocenters. The van der Waals surface area contributed by atoms with Gasteiger partial charge in [-0.15, -0.1) is 0 Å². The fourth-order valence-electron chi connectivity index (χ4n) is 2.30. The highest BCUT2D eigenvalue weighted by molar-refractivity contribution is 6.32. The molecule has 1 aromatic carbocycles. The van der Waals surface area contributed by atoms with Crippen LogP contribution in [0.1, 0.15) is 36.5 Å². The Morgan fingerprint density at radius 3 is 2.54 bits per heavy atom. The molecule has 0 spiro atoms. The lowest BCUT2D eigenvalue weighted by molar-refractivity contribution is -0.141. The Hall–Kier alpha value is -1.63. The standard InChI is InChI=1S/C16H19ClF3NO3/c1-3-6-24-14-12(17)7-10(8-13(14)23-2)15(22)21(11-4-5-11)9-16(18,19)20/h7-8,11H,3-6,9H2,1-2H3. The van der Waals surface area contributed by atoms with Crippen molar-refractivity contribution < 1.29 is 27.4 Å². The second-order valence-electron chi connectivity index (χ2n) is 5.62. The molecule has 0 aromatic heterocycles. The molecule has 0 heterocycles. The normalized spacial score (nSPS) is 14.4. The highest BCUT2D eigenvalue weighted by Crippen LogP contribution is 2.38. The second kappa shape index (κ2) is 7.51. The van der Waals surface area contributed by atoms with Crippen LogP contribution in [0.5, 0.6) is 11.5 Å². The maximum Gasteiger partial charge on any atom is 0.406 e. The van der Waals surface area contributed by atoms with Gasteiger partial charge >= 0.3 is 6.18 Å². The number of hydrogen-bond donors (Lipinski definition) is 0. The summed E-state index contributed by atoms with van der Waals surface area (Å²) in [5.74, 6) is -0.203. The number of halogens is 4. The van der Waals surface area contributed by atoms with Gasteiger partial charge in [-0.25, -0.2) is 0 Å². The summed E-state index contributed by atoms with van der Waals surface area (Å²) in [4.78, 5) is 13.4. The van der Waals surface area contributed by atoms with Gasteiger partial charge in [0.15, 0.2) is 11.5 Å². The number of benzene rings is 1. The summed E-state index contributed by atoms with van der Waals surface area (Å²) < 4.78 is 48.9. The van der Waals surface area contributed by atoms with Crippen molar-refractivity contribution in [3.63, 3.8) is 0 Å². The lowest BCUT2D eigenvalue weighted by Gasteiger charge is -2.24. The number of rotatable bonds is 7. The molecule has 1 saturated carbocycles. The van der Waals surface area contributed by atoms with Gasteiger partial charge in [-0.05, 0) is 31.4 Å². The fraction of sp³-hybridized carbons (Fsp3) is 0.562. The molecule has 0 saturated heterocycles. The van der Waals surface area contributed by atoms with Crippen molar-refractivity contribution in [2.75, 3.05) is 20.3 Å². The van der Waals surface area contributed by atoms with Crippen molar-refractivity contribution in [3.8, 4) is 11.5 Å². The van der Waals surface area contributed by atoms with Crippen LogP contribution in [-0.4, -0.2) is 43.3 Å². The largest absolute Gasteiger partial charge is 0.493 e. The van der Waals surface area contributed by atoms with E-state index in [1.54, 1.807) is 0 Å². The first-order valence-electron chi connectivity index (χ1n) is 7.65. The van der Waals surface area contributed by atoms with E-state index >= 15 is 0 Å². The summed E-state index contributed by atoms with van der Waals surface area (Å²) in [6.07, 6.45) is -2.55. The topological polar surface area (TPSA) is 38.8 Å². The molecule has 2 rings (SSSR count). The van der Waals surface area contributed by atoms with Gasteiger partial charge in [0, 0.05) is 11.6 Å². The average Bonchev–Trinajstić information content (AvgIpc) is 3.34. The second-order valence-corrected chi connectivity index (χ2v) is 6.02. The molecule has 134 valence electrons.